The fourth-order valence-corrected chi connectivity index (χ4v) is 3.79. The number of halogens is 1. The van der Waals surface area contributed by atoms with Crippen molar-refractivity contribution in [2.24, 2.45) is 0 Å². The third-order valence-electron chi connectivity index (χ3n) is 3.93. The van der Waals surface area contributed by atoms with Crippen LogP contribution in [0.5, 0.6) is 11.5 Å². The zero-order chi connectivity index (χ0) is 18.7. The first-order chi connectivity index (χ1) is 12.3. The Hall–Kier alpha value is -2.61. The molecule has 0 bridgehead atoms. The van der Waals surface area contributed by atoms with Crippen LogP contribution in [-0.2, 0) is 14.6 Å². The molecule has 1 aliphatic rings. The summed E-state index contributed by atoms with van der Waals surface area (Å²) in [7, 11) is -3.65. The average Bonchev–Trinajstić information content (AvgIpc) is 2.62. The van der Waals surface area contributed by atoms with Crippen molar-refractivity contribution in [2.45, 2.75) is 18.2 Å². The topological polar surface area (TPSA) is 81.7 Å². The van der Waals surface area contributed by atoms with Gasteiger partial charge in [-0.05, 0) is 42.8 Å². The molecule has 0 aliphatic carbocycles. The van der Waals surface area contributed by atoms with Gasteiger partial charge in [-0.1, -0.05) is 0 Å². The minimum atomic E-state index is -3.65. The average molecular weight is 379 g/mol. The van der Waals surface area contributed by atoms with Crippen molar-refractivity contribution in [3.63, 3.8) is 0 Å². The predicted molar refractivity (Wildman–Crippen MR) is 93.9 cm³/mol. The van der Waals surface area contributed by atoms with Gasteiger partial charge in [-0.3, -0.25) is 4.79 Å². The molecule has 0 spiro atoms. The molecule has 0 aromatic heterocycles. The highest BCUT2D eigenvalue weighted by Gasteiger charge is 2.20. The molecule has 0 saturated heterocycles. The number of hydrogen-bond donors (Lipinski definition) is 1. The molecule has 8 heteroatoms. The van der Waals surface area contributed by atoms with Gasteiger partial charge in [0, 0.05) is 18.2 Å². The second kappa shape index (κ2) is 7.33. The quantitative estimate of drug-likeness (QED) is 0.864. The second-order valence-corrected chi connectivity index (χ2v) is 7.99. The van der Waals surface area contributed by atoms with E-state index in [1.54, 1.807) is 13.0 Å². The van der Waals surface area contributed by atoms with E-state index < -0.39 is 21.6 Å². The summed E-state index contributed by atoms with van der Waals surface area (Å²) in [5.74, 6) is -0.329. The standard InChI is InChI=1S/C18H18FNO5S/c1-12-10-13(19)2-4-15(12)20-18(21)6-9-26(22,23)14-3-5-16-17(11-14)25-8-7-24-16/h2-5,10-11H,6-9H2,1H3,(H,20,21). The summed E-state index contributed by atoms with van der Waals surface area (Å²) in [4.78, 5) is 12.1. The van der Waals surface area contributed by atoms with Crippen LogP contribution >= 0.6 is 0 Å². The van der Waals surface area contributed by atoms with Crippen LogP contribution in [-0.4, -0.2) is 33.3 Å². The number of aryl methyl sites for hydroxylation is 1. The van der Waals surface area contributed by atoms with Gasteiger partial charge in [0.1, 0.15) is 19.0 Å². The third-order valence-corrected chi connectivity index (χ3v) is 5.65. The Labute approximate surface area is 150 Å². The van der Waals surface area contributed by atoms with Crippen LogP contribution in [0.25, 0.3) is 0 Å². The van der Waals surface area contributed by atoms with Gasteiger partial charge < -0.3 is 14.8 Å². The molecule has 6 nitrogen and oxygen atoms in total. The molecule has 1 heterocycles. The summed E-state index contributed by atoms with van der Waals surface area (Å²) < 4.78 is 48.8. The van der Waals surface area contributed by atoms with Crippen LogP contribution in [0.1, 0.15) is 12.0 Å². The van der Waals surface area contributed by atoms with E-state index in [1.807, 2.05) is 0 Å². The van der Waals surface area contributed by atoms with Gasteiger partial charge in [-0.2, -0.15) is 0 Å². The van der Waals surface area contributed by atoms with Gasteiger partial charge in [0.2, 0.25) is 5.91 Å². The molecule has 0 unspecified atom stereocenters. The molecule has 26 heavy (non-hydrogen) atoms. The van der Waals surface area contributed by atoms with Crippen molar-refractivity contribution in [1.82, 2.24) is 0 Å². The molecule has 1 N–H and O–H groups in total. The fraction of sp³-hybridized carbons (Fsp3) is 0.278. The van der Waals surface area contributed by atoms with Gasteiger partial charge in [-0.15, -0.1) is 0 Å². The van der Waals surface area contributed by atoms with Crippen molar-refractivity contribution >= 4 is 21.4 Å². The first-order valence-electron chi connectivity index (χ1n) is 8.03. The number of carbonyl (C=O) groups is 1. The molecule has 3 rings (SSSR count). The summed E-state index contributed by atoms with van der Waals surface area (Å²) in [6.07, 6.45) is -0.215. The van der Waals surface area contributed by atoms with Gasteiger partial charge in [0.15, 0.2) is 21.3 Å². The molecule has 1 amide bonds. The lowest BCUT2D eigenvalue weighted by Crippen LogP contribution is -2.19. The van der Waals surface area contributed by atoms with E-state index in [-0.39, 0.29) is 17.1 Å². The molecule has 1 aliphatic heterocycles. The molecular weight excluding hydrogens is 361 g/mol. The van der Waals surface area contributed by atoms with Gasteiger partial charge >= 0.3 is 0 Å². The van der Waals surface area contributed by atoms with Gasteiger partial charge in [-0.25, -0.2) is 12.8 Å². The van der Waals surface area contributed by atoms with Gasteiger partial charge in [0.25, 0.3) is 0 Å². The monoisotopic (exact) mass is 379 g/mol. The molecule has 2 aromatic rings. The normalized spacial score (nSPS) is 13.3. The molecule has 138 valence electrons. The Kier molecular flexibility index (Phi) is 5.13. The number of sulfone groups is 1. The summed E-state index contributed by atoms with van der Waals surface area (Å²) in [5, 5.41) is 2.60. The van der Waals surface area contributed by atoms with Crippen LogP contribution in [0.3, 0.4) is 0 Å². The molecule has 0 saturated carbocycles. The lowest BCUT2D eigenvalue weighted by atomic mass is 10.2. The Morgan fingerprint density at radius 1 is 1.12 bits per heavy atom. The van der Waals surface area contributed by atoms with Crippen LogP contribution < -0.4 is 14.8 Å². The highest BCUT2D eigenvalue weighted by molar-refractivity contribution is 7.91. The van der Waals surface area contributed by atoms with E-state index in [9.17, 15) is 17.6 Å². The SMILES string of the molecule is Cc1cc(F)ccc1NC(=O)CCS(=O)(=O)c1ccc2c(c1)OCCO2. The van der Waals surface area contributed by atoms with E-state index in [4.69, 9.17) is 9.47 Å². The number of ether oxygens (including phenoxy) is 2. The fourth-order valence-electron chi connectivity index (χ4n) is 2.54. The Balaban J connectivity index is 1.65. The minimum absolute atomic E-state index is 0.0764. The number of benzene rings is 2. The summed E-state index contributed by atoms with van der Waals surface area (Å²) in [5.41, 5.74) is 1.01. The highest BCUT2D eigenvalue weighted by Crippen LogP contribution is 2.32. The highest BCUT2D eigenvalue weighted by atomic mass is 32.2. The first kappa shape index (κ1) is 18.2. The van der Waals surface area contributed by atoms with Crippen LogP contribution in [0, 0.1) is 12.7 Å². The van der Waals surface area contributed by atoms with E-state index in [0.717, 1.165) is 0 Å². The number of rotatable bonds is 5. The van der Waals surface area contributed by atoms with Crippen molar-refractivity contribution in [1.29, 1.82) is 0 Å². The summed E-state index contributed by atoms with van der Waals surface area (Å²) >= 11 is 0. The largest absolute Gasteiger partial charge is 0.486 e. The van der Waals surface area contributed by atoms with Crippen LogP contribution in [0.2, 0.25) is 0 Å². The number of anilines is 1. The number of hydrogen-bond acceptors (Lipinski definition) is 5. The van der Waals surface area contributed by atoms with Gasteiger partial charge in [0.05, 0.1) is 10.6 Å². The summed E-state index contributed by atoms with van der Waals surface area (Å²) in [6.45, 7) is 2.43. The maximum Gasteiger partial charge on any atom is 0.225 e. The maximum atomic E-state index is 13.1. The van der Waals surface area contributed by atoms with Crippen molar-refractivity contribution < 1.29 is 27.1 Å². The molecule has 2 aromatic carbocycles. The van der Waals surface area contributed by atoms with Crippen molar-refractivity contribution in [2.75, 3.05) is 24.3 Å². The maximum absolute atomic E-state index is 13.1. The number of carbonyl (C=O) groups excluding carboxylic acids is 1. The molecular formula is C18H18FNO5S. The smallest absolute Gasteiger partial charge is 0.225 e. The van der Waals surface area contributed by atoms with Crippen molar-refractivity contribution in [3.8, 4) is 11.5 Å². The number of fused-ring (bicyclic) bond motifs is 1. The summed E-state index contributed by atoms with van der Waals surface area (Å²) in [6, 6.07) is 8.36. The van der Waals surface area contributed by atoms with E-state index >= 15 is 0 Å². The lowest BCUT2D eigenvalue weighted by Gasteiger charge is -2.18. The third kappa shape index (κ3) is 4.13. The molecule has 0 radical (unpaired) electrons. The Morgan fingerprint density at radius 3 is 2.58 bits per heavy atom. The number of nitrogens with one attached hydrogen (secondary N) is 1. The lowest BCUT2D eigenvalue weighted by molar-refractivity contribution is -0.115. The first-order valence-corrected chi connectivity index (χ1v) is 9.69. The van der Waals surface area contributed by atoms with E-state index in [2.05, 4.69) is 5.32 Å². The van der Waals surface area contributed by atoms with Crippen LogP contribution in [0.15, 0.2) is 41.3 Å². The second-order valence-electron chi connectivity index (χ2n) is 5.88. The Morgan fingerprint density at radius 2 is 1.85 bits per heavy atom. The van der Waals surface area contributed by atoms with E-state index in [0.29, 0.717) is 36.0 Å². The predicted octanol–water partition coefficient (Wildman–Crippen LogP) is 2.71. The van der Waals surface area contributed by atoms with E-state index in [1.165, 1.54) is 30.3 Å². The Bertz CT molecular complexity index is 943. The van der Waals surface area contributed by atoms with Crippen molar-refractivity contribution in [3.05, 3.63) is 47.8 Å². The molecule has 0 atom stereocenters. The number of amides is 1. The zero-order valence-corrected chi connectivity index (χ0v) is 14.9. The zero-order valence-electron chi connectivity index (χ0n) is 14.1. The molecule has 0 fully saturated rings. The van der Waals surface area contributed by atoms with Crippen LogP contribution in [0.4, 0.5) is 10.1 Å². The minimum Gasteiger partial charge on any atom is -0.486 e.